The fraction of sp³-hybridized carbons (Fsp3) is 0.182. The molecule has 0 atom stereocenters. The van der Waals surface area contributed by atoms with Crippen molar-refractivity contribution in [3.05, 3.63) is 70.5 Å². The van der Waals surface area contributed by atoms with Crippen molar-refractivity contribution in [2.75, 3.05) is 11.1 Å². The molecule has 0 bridgehead atoms. The lowest BCUT2D eigenvalue weighted by molar-refractivity contribution is -0.113. The van der Waals surface area contributed by atoms with Crippen molar-refractivity contribution < 1.29 is 4.79 Å². The Kier molecular flexibility index (Phi) is 5.96. The predicted molar refractivity (Wildman–Crippen MR) is 123 cm³/mol. The number of hydrogen-bond acceptors (Lipinski definition) is 6. The summed E-state index contributed by atoms with van der Waals surface area (Å²) >= 11 is 2.42. The second kappa shape index (κ2) is 8.81. The van der Waals surface area contributed by atoms with Gasteiger partial charge in [-0.3, -0.25) is 14.2 Å². The van der Waals surface area contributed by atoms with Gasteiger partial charge >= 0.3 is 0 Å². The van der Waals surface area contributed by atoms with Gasteiger partial charge in [0.25, 0.3) is 5.56 Å². The third-order valence-corrected chi connectivity index (χ3v) is 6.34. The molecule has 0 fully saturated rings. The number of amides is 1. The standard InChI is InChI=1S/C22H20N4O2S2/c1-3-26-21(28)20-19(18(25-30-20)15-9-5-4-6-10-15)24-22(26)29-13-17(27)23-16-11-7-8-14(2)12-16/h4-12H,3,13H2,1-2H3,(H,23,27). The third-order valence-electron chi connectivity index (χ3n) is 4.54. The Morgan fingerprint density at radius 1 is 1.17 bits per heavy atom. The zero-order chi connectivity index (χ0) is 21.1. The average molecular weight is 437 g/mol. The number of rotatable bonds is 6. The molecule has 0 unspecified atom stereocenters. The number of benzene rings is 2. The highest BCUT2D eigenvalue weighted by molar-refractivity contribution is 7.99. The van der Waals surface area contributed by atoms with Crippen LogP contribution in [0.4, 0.5) is 5.69 Å². The number of anilines is 1. The van der Waals surface area contributed by atoms with Crippen LogP contribution in [0.1, 0.15) is 12.5 Å². The molecular weight excluding hydrogens is 416 g/mol. The lowest BCUT2D eigenvalue weighted by Gasteiger charge is -2.10. The highest BCUT2D eigenvalue weighted by atomic mass is 32.2. The number of thioether (sulfide) groups is 1. The van der Waals surface area contributed by atoms with E-state index >= 15 is 0 Å². The molecule has 0 aliphatic heterocycles. The number of carbonyl (C=O) groups excluding carboxylic acids is 1. The summed E-state index contributed by atoms with van der Waals surface area (Å²) in [6.45, 7) is 4.34. The fourth-order valence-corrected chi connectivity index (χ4v) is 4.77. The molecule has 8 heteroatoms. The highest BCUT2D eigenvalue weighted by Crippen LogP contribution is 2.29. The lowest BCUT2D eigenvalue weighted by Crippen LogP contribution is -2.22. The smallest absolute Gasteiger partial charge is 0.273 e. The van der Waals surface area contributed by atoms with Gasteiger partial charge in [0, 0.05) is 17.8 Å². The molecule has 152 valence electrons. The quantitative estimate of drug-likeness (QED) is 0.354. The molecule has 4 rings (SSSR count). The van der Waals surface area contributed by atoms with E-state index in [2.05, 4.69) is 9.69 Å². The Balaban J connectivity index is 1.63. The second-order valence-corrected chi connectivity index (χ2v) is 8.44. The monoisotopic (exact) mass is 436 g/mol. The minimum Gasteiger partial charge on any atom is -0.325 e. The van der Waals surface area contributed by atoms with Crippen LogP contribution in [0.5, 0.6) is 0 Å². The van der Waals surface area contributed by atoms with Crippen molar-refractivity contribution in [3.8, 4) is 11.3 Å². The third kappa shape index (κ3) is 4.15. The summed E-state index contributed by atoms with van der Waals surface area (Å²) in [4.78, 5) is 30.1. The first-order chi connectivity index (χ1) is 14.6. The van der Waals surface area contributed by atoms with Crippen LogP contribution in [-0.4, -0.2) is 25.6 Å². The maximum Gasteiger partial charge on any atom is 0.273 e. The highest BCUT2D eigenvalue weighted by Gasteiger charge is 2.18. The summed E-state index contributed by atoms with van der Waals surface area (Å²) in [6.07, 6.45) is 0. The van der Waals surface area contributed by atoms with Gasteiger partial charge in [0.05, 0.1) is 5.75 Å². The molecule has 0 saturated heterocycles. The van der Waals surface area contributed by atoms with Crippen molar-refractivity contribution in [2.24, 2.45) is 0 Å². The number of aromatic nitrogens is 3. The molecule has 1 N–H and O–H groups in total. The Labute approximate surface area is 182 Å². The number of carbonyl (C=O) groups is 1. The minimum absolute atomic E-state index is 0.122. The molecule has 4 aromatic rings. The minimum atomic E-state index is -0.144. The summed E-state index contributed by atoms with van der Waals surface area (Å²) in [5.41, 5.74) is 3.91. The van der Waals surface area contributed by atoms with Crippen molar-refractivity contribution in [2.45, 2.75) is 25.5 Å². The van der Waals surface area contributed by atoms with Gasteiger partial charge in [-0.2, -0.15) is 4.37 Å². The first-order valence-electron chi connectivity index (χ1n) is 9.51. The van der Waals surface area contributed by atoms with Crippen molar-refractivity contribution in [1.82, 2.24) is 13.9 Å². The molecule has 0 spiro atoms. The van der Waals surface area contributed by atoms with Gasteiger partial charge in [0.2, 0.25) is 5.91 Å². The number of fused-ring (bicyclic) bond motifs is 1. The number of nitrogens with zero attached hydrogens (tertiary/aromatic N) is 3. The largest absolute Gasteiger partial charge is 0.325 e. The van der Waals surface area contributed by atoms with E-state index in [1.54, 1.807) is 4.57 Å². The van der Waals surface area contributed by atoms with Crippen LogP contribution in [0.15, 0.2) is 64.5 Å². The van der Waals surface area contributed by atoms with Crippen molar-refractivity contribution in [3.63, 3.8) is 0 Å². The molecule has 0 radical (unpaired) electrons. The van der Waals surface area contributed by atoms with Gasteiger partial charge in [-0.15, -0.1) is 0 Å². The van der Waals surface area contributed by atoms with Gasteiger partial charge in [-0.05, 0) is 43.1 Å². The predicted octanol–water partition coefficient (Wildman–Crippen LogP) is 4.58. The SMILES string of the molecule is CCn1c(SCC(=O)Nc2cccc(C)c2)nc2c(-c3ccccc3)nsc2c1=O. The first-order valence-corrected chi connectivity index (χ1v) is 11.3. The maximum atomic E-state index is 13.0. The fourth-order valence-electron chi connectivity index (χ4n) is 3.12. The maximum absolute atomic E-state index is 13.0. The Bertz CT molecular complexity index is 1270. The van der Waals surface area contributed by atoms with Crippen LogP contribution in [-0.2, 0) is 11.3 Å². The normalized spacial score (nSPS) is 11.0. The van der Waals surface area contributed by atoms with Crippen LogP contribution in [0.2, 0.25) is 0 Å². The van der Waals surface area contributed by atoms with Gasteiger partial charge in [0.1, 0.15) is 15.9 Å². The van der Waals surface area contributed by atoms with Crippen molar-refractivity contribution in [1.29, 1.82) is 0 Å². The van der Waals surface area contributed by atoms with Crippen LogP contribution < -0.4 is 10.9 Å². The molecule has 6 nitrogen and oxygen atoms in total. The summed E-state index contributed by atoms with van der Waals surface area (Å²) < 4.78 is 6.61. The van der Waals surface area contributed by atoms with Crippen LogP contribution in [0, 0.1) is 6.92 Å². The molecular formula is C22H20N4O2S2. The average Bonchev–Trinajstić information content (AvgIpc) is 3.17. The molecule has 1 amide bonds. The van der Waals surface area contributed by atoms with E-state index in [0.29, 0.717) is 27.6 Å². The topological polar surface area (TPSA) is 76.9 Å². The zero-order valence-electron chi connectivity index (χ0n) is 16.6. The van der Waals surface area contributed by atoms with E-state index in [-0.39, 0.29) is 17.2 Å². The second-order valence-electron chi connectivity index (χ2n) is 6.73. The summed E-state index contributed by atoms with van der Waals surface area (Å²) in [7, 11) is 0. The molecule has 2 aromatic carbocycles. The molecule has 2 heterocycles. The van der Waals surface area contributed by atoms with Gasteiger partial charge in [0.15, 0.2) is 5.16 Å². The van der Waals surface area contributed by atoms with E-state index in [0.717, 1.165) is 16.8 Å². The van der Waals surface area contributed by atoms with Crippen LogP contribution in [0.3, 0.4) is 0 Å². The van der Waals surface area contributed by atoms with Gasteiger partial charge < -0.3 is 5.32 Å². The number of hydrogen-bond donors (Lipinski definition) is 1. The molecule has 2 aromatic heterocycles. The van der Waals surface area contributed by atoms with E-state index in [1.165, 1.54) is 23.3 Å². The Morgan fingerprint density at radius 3 is 2.70 bits per heavy atom. The number of nitrogens with one attached hydrogen (secondary N) is 1. The van der Waals surface area contributed by atoms with E-state index in [1.807, 2.05) is 68.4 Å². The Hall–Kier alpha value is -2.97. The van der Waals surface area contributed by atoms with Gasteiger partial charge in [-0.1, -0.05) is 54.2 Å². The number of aryl methyl sites for hydroxylation is 1. The van der Waals surface area contributed by atoms with Crippen molar-refractivity contribution >= 4 is 45.1 Å². The Morgan fingerprint density at radius 2 is 1.97 bits per heavy atom. The van der Waals surface area contributed by atoms with E-state index < -0.39 is 0 Å². The molecule has 0 saturated carbocycles. The van der Waals surface area contributed by atoms with E-state index in [4.69, 9.17) is 4.98 Å². The first kappa shape index (κ1) is 20.3. The lowest BCUT2D eigenvalue weighted by atomic mass is 10.1. The van der Waals surface area contributed by atoms with Crippen LogP contribution >= 0.6 is 23.3 Å². The van der Waals surface area contributed by atoms with Crippen LogP contribution in [0.25, 0.3) is 21.5 Å². The summed E-state index contributed by atoms with van der Waals surface area (Å²) in [5.74, 6) is 0.0127. The molecule has 30 heavy (non-hydrogen) atoms. The molecule has 0 aliphatic carbocycles. The molecule has 0 aliphatic rings. The van der Waals surface area contributed by atoms with Gasteiger partial charge in [-0.25, -0.2) is 4.98 Å². The summed E-state index contributed by atoms with van der Waals surface area (Å²) in [6, 6.07) is 17.3. The van der Waals surface area contributed by atoms with E-state index in [9.17, 15) is 9.59 Å². The summed E-state index contributed by atoms with van der Waals surface area (Å²) in [5, 5.41) is 3.41. The zero-order valence-corrected chi connectivity index (χ0v) is 18.2.